The molecule has 0 aliphatic rings. The molecule has 0 aliphatic carbocycles. The summed E-state index contributed by atoms with van der Waals surface area (Å²) in [4.78, 5) is 11.1. The van der Waals surface area contributed by atoms with Gasteiger partial charge in [0.1, 0.15) is 5.75 Å². The molecule has 3 aromatic rings. The van der Waals surface area contributed by atoms with Gasteiger partial charge in [-0.25, -0.2) is 4.98 Å². The van der Waals surface area contributed by atoms with Gasteiger partial charge in [0, 0.05) is 47.9 Å². The van der Waals surface area contributed by atoms with Crippen LogP contribution in [0.4, 0.5) is 8.78 Å². The number of hydrogen-bond donors (Lipinski definition) is 1. The second-order valence-electron chi connectivity index (χ2n) is 5.00. The molecule has 0 aliphatic heterocycles. The summed E-state index contributed by atoms with van der Waals surface area (Å²) in [5, 5.41) is 0.123. The van der Waals surface area contributed by atoms with Crippen LogP contribution >= 0.6 is 0 Å². The van der Waals surface area contributed by atoms with E-state index in [0.29, 0.717) is 16.7 Å². The van der Waals surface area contributed by atoms with E-state index in [9.17, 15) is 13.0 Å². The van der Waals surface area contributed by atoms with E-state index in [1.54, 1.807) is 0 Å². The number of halogens is 2. The molecular weight excluding hydrogens is 407 g/mol. The number of H-pyrrole nitrogens is 1. The van der Waals surface area contributed by atoms with Crippen molar-refractivity contribution in [2.75, 3.05) is 14.2 Å². The molecule has 8 nitrogen and oxygen atoms in total. The number of ether oxygens (including phenoxy) is 3. The third-order valence-electron chi connectivity index (χ3n) is 3.41. The summed E-state index contributed by atoms with van der Waals surface area (Å²) in [6.07, 6.45) is 1.39. The van der Waals surface area contributed by atoms with Crippen molar-refractivity contribution in [2.45, 2.75) is 17.5 Å². The summed E-state index contributed by atoms with van der Waals surface area (Å²) >= 11 is 0. The molecule has 0 saturated carbocycles. The van der Waals surface area contributed by atoms with Crippen LogP contribution in [0.25, 0.3) is 11.0 Å². The first-order valence-corrected chi connectivity index (χ1v) is 8.55. The van der Waals surface area contributed by atoms with Gasteiger partial charge < -0.3 is 24.7 Å². The maximum absolute atomic E-state index is 12.7. The van der Waals surface area contributed by atoms with Crippen LogP contribution in [0.1, 0.15) is 8.44 Å². The van der Waals surface area contributed by atoms with Crippen molar-refractivity contribution in [1.29, 1.82) is 0 Å². The molecule has 147 valence electrons. The fraction of sp³-hybridized carbons (Fsp3) is 0.250. The molecule has 1 aromatic carbocycles. The number of imidazole rings is 1. The summed E-state index contributed by atoms with van der Waals surface area (Å²) < 4.78 is 66.3. The van der Waals surface area contributed by atoms with Gasteiger partial charge in [-0.15, -0.1) is 0 Å². The van der Waals surface area contributed by atoms with E-state index in [0.717, 1.165) is 0 Å². The second-order valence-corrected chi connectivity index (χ2v) is 6.36. The zero-order valence-electron chi connectivity index (χ0n) is 16.9. The van der Waals surface area contributed by atoms with E-state index >= 15 is 0 Å². The molecule has 1 radical (unpaired) electrons. The molecule has 0 spiro atoms. The van der Waals surface area contributed by atoms with Gasteiger partial charge in [-0.1, -0.05) is 0 Å². The van der Waals surface area contributed by atoms with Crippen molar-refractivity contribution in [3.63, 3.8) is 0 Å². The quantitative estimate of drug-likeness (QED) is 0.575. The Bertz CT molecular complexity index is 1010. The maximum atomic E-state index is 12.7. The molecule has 0 fully saturated rings. The third kappa shape index (κ3) is 5.39. The summed E-state index contributed by atoms with van der Waals surface area (Å²) in [6, 6.07) is 5.59. The minimum absolute atomic E-state index is 0. The van der Waals surface area contributed by atoms with Crippen LogP contribution < -0.4 is 14.2 Å². The second kappa shape index (κ2) is 10.7. The van der Waals surface area contributed by atoms with Gasteiger partial charge in [0.25, 0.3) is 0 Å². The van der Waals surface area contributed by atoms with Gasteiger partial charge >= 0.3 is 6.61 Å². The summed E-state index contributed by atoms with van der Waals surface area (Å²) in [5.74, 6) is 0.181. The number of methoxy groups -OCH3 is 2. The molecule has 1 atom stereocenters. The molecule has 2 heterocycles. The standard InChI is InChI=1S/C16H15F2N3O4S.Na.H2O/c1-23-13-5-6-19-12(14(13)24-2)8-26(22)16-20-10-4-3-9(25-15(17)18)7-11(10)21-16;;/h3-7,15H,8H2,1-2H3,(H,20,21);;1H2/i1D2;;. The Labute approximate surface area is 186 Å². The Morgan fingerprint density at radius 2 is 2.11 bits per heavy atom. The number of fused-ring (bicyclic) bond motifs is 1. The minimum atomic E-state index is -2.95. The van der Waals surface area contributed by atoms with E-state index in [4.69, 9.17) is 12.2 Å². The molecule has 3 rings (SSSR count). The maximum Gasteiger partial charge on any atom is 0.387 e. The number of pyridine rings is 1. The predicted octanol–water partition coefficient (Wildman–Crippen LogP) is 1.68. The molecule has 0 saturated heterocycles. The largest absolute Gasteiger partial charge is 0.493 e. The predicted molar refractivity (Wildman–Crippen MR) is 99.5 cm³/mol. The molecule has 2 aromatic heterocycles. The minimum Gasteiger partial charge on any atom is -0.493 e. The van der Waals surface area contributed by atoms with Crippen LogP contribution in [0.15, 0.2) is 35.6 Å². The van der Waals surface area contributed by atoms with Crippen molar-refractivity contribution < 1.29 is 35.4 Å². The first kappa shape index (κ1) is 20.9. The van der Waals surface area contributed by atoms with Crippen LogP contribution in [-0.4, -0.2) is 75.0 Å². The molecule has 28 heavy (non-hydrogen) atoms. The fourth-order valence-corrected chi connectivity index (χ4v) is 3.34. The van der Waals surface area contributed by atoms with E-state index in [-0.39, 0.29) is 63.2 Å². The number of rotatable bonds is 7. The smallest absolute Gasteiger partial charge is 0.387 e. The Morgan fingerprint density at radius 3 is 2.79 bits per heavy atom. The van der Waals surface area contributed by atoms with Gasteiger partial charge in [0.05, 0.1) is 50.2 Å². The number of nitrogens with one attached hydrogen (secondary N) is 1. The summed E-state index contributed by atoms with van der Waals surface area (Å²) in [5.41, 5.74) is 1.12. The van der Waals surface area contributed by atoms with Gasteiger partial charge in [0.15, 0.2) is 16.7 Å². The SMILES string of the molecule is O.[2H]C([2H])Oc1ccnc(CS(=O)c2nc3ccc(OC(F)F)cc3[nH]2)c1OC.[Na]. The van der Waals surface area contributed by atoms with Crippen LogP contribution in [0, 0.1) is 0 Å². The Hall–Kier alpha value is -1.79. The Balaban J connectivity index is 0.00000225. The van der Waals surface area contributed by atoms with E-state index in [1.165, 1.54) is 37.6 Å². The van der Waals surface area contributed by atoms with E-state index in [2.05, 4.69) is 19.7 Å². The van der Waals surface area contributed by atoms with Crippen molar-refractivity contribution in [1.82, 2.24) is 15.0 Å². The number of aromatic amines is 1. The van der Waals surface area contributed by atoms with Crippen LogP contribution in [-0.2, 0) is 16.6 Å². The number of alkyl halides is 2. The molecule has 0 bridgehead atoms. The van der Waals surface area contributed by atoms with Crippen LogP contribution in [0.3, 0.4) is 0 Å². The average molecular weight is 426 g/mol. The first-order valence-electron chi connectivity index (χ1n) is 8.39. The first-order chi connectivity index (χ1) is 13.4. The zero-order valence-corrected chi connectivity index (χ0v) is 17.8. The van der Waals surface area contributed by atoms with E-state index < -0.39 is 24.5 Å². The number of aromatic nitrogens is 3. The topological polar surface area (TPSA) is 118 Å². The Kier molecular flexibility index (Phi) is 7.98. The molecular formula is C16H17F2N3NaO5S. The Morgan fingerprint density at radius 1 is 1.32 bits per heavy atom. The van der Waals surface area contributed by atoms with E-state index in [1.807, 2.05) is 0 Å². The zero-order chi connectivity index (χ0) is 20.3. The van der Waals surface area contributed by atoms with Crippen molar-refractivity contribution in [3.8, 4) is 17.2 Å². The van der Waals surface area contributed by atoms with Crippen LogP contribution in [0.5, 0.6) is 17.2 Å². The normalized spacial score (nSPS) is 12.6. The van der Waals surface area contributed by atoms with Gasteiger partial charge in [-0.3, -0.25) is 9.19 Å². The van der Waals surface area contributed by atoms with Crippen molar-refractivity contribution in [2.24, 2.45) is 0 Å². The summed E-state index contributed by atoms with van der Waals surface area (Å²) in [7, 11) is -1.86. The van der Waals surface area contributed by atoms with Crippen molar-refractivity contribution >= 4 is 51.4 Å². The average Bonchev–Trinajstić information content (AvgIpc) is 3.04. The fourth-order valence-electron chi connectivity index (χ4n) is 2.33. The van der Waals surface area contributed by atoms with Gasteiger partial charge in [-0.05, 0) is 12.1 Å². The number of benzene rings is 1. The number of hydrogen-bond acceptors (Lipinski definition) is 6. The van der Waals surface area contributed by atoms with Crippen LogP contribution in [0.2, 0.25) is 0 Å². The monoisotopic (exact) mass is 426 g/mol. The number of nitrogens with zero attached hydrogens (tertiary/aromatic N) is 2. The third-order valence-corrected chi connectivity index (χ3v) is 4.57. The van der Waals surface area contributed by atoms with Crippen molar-refractivity contribution in [3.05, 3.63) is 36.2 Å². The molecule has 0 amide bonds. The van der Waals surface area contributed by atoms with Gasteiger partial charge in [-0.2, -0.15) is 8.78 Å². The summed E-state index contributed by atoms with van der Waals surface area (Å²) in [6.45, 7) is -2.95. The molecule has 3 N–H and O–H groups in total. The molecule has 1 unspecified atom stereocenters. The molecule has 12 heteroatoms. The van der Waals surface area contributed by atoms with Gasteiger partial charge in [0.2, 0.25) is 0 Å².